The SMILES string of the molecule is CC(C)[C@H](NC(=O)OC(C)(C)C)C(=O)NC(Cc1ccccc1)C(O)C(=O)N1CCC[C@H]1C(=O)NCCN1CCOCC1. The Hall–Kier alpha value is -3.22. The standard InChI is InChI=1S/C31H49N5O7/c1-21(2)25(34-30(41)43-31(3,4)5)28(39)33-23(20-22-10-7-6-8-11-22)26(37)29(40)36-14-9-12-24(36)27(38)32-13-15-35-16-18-42-19-17-35/h6-8,10-11,21,23-26,37H,9,12-20H2,1-5H3,(H,32,38)(H,33,39)(H,34,41)/t23?,24-,25-,26?/m0/s1. The van der Waals surface area contributed by atoms with E-state index in [-0.39, 0.29) is 18.2 Å². The maximum absolute atomic E-state index is 13.7. The van der Waals surface area contributed by atoms with Crippen LogP contribution in [0.2, 0.25) is 0 Å². The van der Waals surface area contributed by atoms with Gasteiger partial charge in [-0.15, -0.1) is 0 Å². The van der Waals surface area contributed by atoms with Crippen LogP contribution in [0.3, 0.4) is 0 Å². The number of morpholine rings is 1. The summed E-state index contributed by atoms with van der Waals surface area (Å²) in [5, 5.41) is 19.7. The van der Waals surface area contributed by atoms with Crippen LogP contribution < -0.4 is 16.0 Å². The molecule has 12 heteroatoms. The third-order valence-corrected chi connectivity index (χ3v) is 7.55. The molecule has 2 unspecified atom stereocenters. The molecule has 0 saturated carbocycles. The first kappa shape index (κ1) is 34.3. The number of amides is 4. The monoisotopic (exact) mass is 603 g/mol. The Balaban J connectivity index is 1.69. The van der Waals surface area contributed by atoms with Gasteiger partial charge in [-0.05, 0) is 51.5 Å². The highest BCUT2D eigenvalue weighted by Gasteiger charge is 2.40. The van der Waals surface area contributed by atoms with Gasteiger partial charge in [0.2, 0.25) is 11.8 Å². The minimum atomic E-state index is -1.61. The number of aliphatic hydroxyl groups is 1. The summed E-state index contributed by atoms with van der Waals surface area (Å²) >= 11 is 0. The summed E-state index contributed by atoms with van der Waals surface area (Å²) in [6, 6.07) is 6.54. The molecule has 43 heavy (non-hydrogen) atoms. The molecule has 4 atom stereocenters. The quantitative estimate of drug-likeness (QED) is 0.277. The van der Waals surface area contributed by atoms with E-state index in [9.17, 15) is 24.3 Å². The van der Waals surface area contributed by atoms with Crippen molar-refractivity contribution in [2.45, 2.75) is 83.7 Å². The molecule has 3 rings (SSSR count). The highest BCUT2D eigenvalue weighted by Crippen LogP contribution is 2.21. The molecule has 12 nitrogen and oxygen atoms in total. The molecule has 0 aliphatic carbocycles. The first-order valence-corrected chi connectivity index (χ1v) is 15.3. The number of likely N-dealkylation sites (tertiary alicyclic amines) is 1. The van der Waals surface area contributed by atoms with Gasteiger partial charge in [0.1, 0.15) is 17.7 Å². The van der Waals surface area contributed by atoms with Crippen LogP contribution in [0.15, 0.2) is 30.3 Å². The third-order valence-electron chi connectivity index (χ3n) is 7.55. The van der Waals surface area contributed by atoms with Gasteiger partial charge in [0.15, 0.2) is 6.10 Å². The minimum Gasteiger partial charge on any atom is -0.444 e. The van der Waals surface area contributed by atoms with Crippen molar-refractivity contribution >= 4 is 23.8 Å². The highest BCUT2D eigenvalue weighted by molar-refractivity contribution is 5.91. The van der Waals surface area contributed by atoms with Crippen LogP contribution in [0.4, 0.5) is 4.79 Å². The van der Waals surface area contributed by atoms with Crippen molar-refractivity contribution in [2.75, 3.05) is 45.9 Å². The average molecular weight is 604 g/mol. The molecule has 1 aromatic rings. The number of nitrogens with zero attached hydrogens (tertiary/aromatic N) is 2. The molecule has 2 heterocycles. The summed E-state index contributed by atoms with van der Waals surface area (Å²) in [7, 11) is 0. The molecule has 1 aromatic carbocycles. The maximum Gasteiger partial charge on any atom is 0.408 e. The Morgan fingerprint density at radius 1 is 1.05 bits per heavy atom. The molecule has 4 N–H and O–H groups in total. The second kappa shape index (κ2) is 16.0. The normalized spacial score (nSPS) is 19.8. The van der Waals surface area contributed by atoms with E-state index in [4.69, 9.17) is 9.47 Å². The highest BCUT2D eigenvalue weighted by atomic mass is 16.6. The van der Waals surface area contributed by atoms with Crippen LogP contribution in [-0.4, -0.2) is 114 Å². The summed E-state index contributed by atoms with van der Waals surface area (Å²) in [5.74, 6) is -1.72. The minimum absolute atomic E-state index is 0.168. The Bertz CT molecular complexity index is 1070. The fraction of sp³-hybridized carbons (Fsp3) is 0.677. The van der Waals surface area contributed by atoms with E-state index in [0.717, 1.165) is 18.7 Å². The van der Waals surface area contributed by atoms with Crippen molar-refractivity contribution in [3.63, 3.8) is 0 Å². The molecule has 4 amide bonds. The van der Waals surface area contributed by atoms with Crippen LogP contribution in [0.25, 0.3) is 0 Å². The molecule has 2 aliphatic rings. The number of benzene rings is 1. The van der Waals surface area contributed by atoms with Gasteiger partial charge in [-0.3, -0.25) is 19.3 Å². The zero-order chi connectivity index (χ0) is 31.6. The first-order valence-electron chi connectivity index (χ1n) is 15.3. The average Bonchev–Trinajstić information content (AvgIpc) is 3.45. The Kier molecular flexibility index (Phi) is 12.8. The lowest BCUT2D eigenvalue weighted by atomic mass is 9.97. The van der Waals surface area contributed by atoms with E-state index in [1.54, 1.807) is 34.6 Å². The van der Waals surface area contributed by atoms with Gasteiger partial charge >= 0.3 is 6.09 Å². The number of hydrogen-bond donors (Lipinski definition) is 4. The van der Waals surface area contributed by atoms with Crippen molar-refractivity contribution in [1.82, 2.24) is 25.8 Å². The van der Waals surface area contributed by atoms with Crippen molar-refractivity contribution in [3.05, 3.63) is 35.9 Å². The topological polar surface area (TPSA) is 150 Å². The van der Waals surface area contributed by atoms with Gasteiger partial charge < -0.3 is 35.4 Å². The number of alkyl carbamates (subject to hydrolysis) is 1. The van der Waals surface area contributed by atoms with E-state index < -0.39 is 47.7 Å². The van der Waals surface area contributed by atoms with Gasteiger partial charge in [-0.2, -0.15) is 0 Å². The third kappa shape index (κ3) is 10.8. The largest absolute Gasteiger partial charge is 0.444 e. The van der Waals surface area contributed by atoms with Crippen LogP contribution in [0, 0.1) is 5.92 Å². The molecule has 0 bridgehead atoms. The number of nitrogens with one attached hydrogen (secondary N) is 3. The molecule has 2 saturated heterocycles. The number of aliphatic hydroxyl groups excluding tert-OH is 1. The van der Waals surface area contributed by atoms with Gasteiger partial charge in [-0.1, -0.05) is 44.2 Å². The summed E-state index contributed by atoms with van der Waals surface area (Å²) in [6.07, 6.45) is -1.06. The number of hydrogen-bond acceptors (Lipinski definition) is 8. The lowest BCUT2D eigenvalue weighted by Crippen LogP contribution is -2.59. The van der Waals surface area contributed by atoms with Crippen LogP contribution in [0.5, 0.6) is 0 Å². The zero-order valence-corrected chi connectivity index (χ0v) is 26.1. The van der Waals surface area contributed by atoms with Crippen LogP contribution in [0.1, 0.15) is 53.0 Å². The van der Waals surface area contributed by atoms with Crippen molar-refractivity contribution in [3.8, 4) is 0 Å². The maximum atomic E-state index is 13.7. The fourth-order valence-corrected chi connectivity index (χ4v) is 5.28. The second-order valence-corrected chi connectivity index (χ2v) is 12.6. The zero-order valence-electron chi connectivity index (χ0n) is 26.1. The molecule has 240 valence electrons. The summed E-state index contributed by atoms with van der Waals surface area (Å²) in [5.41, 5.74) is 0.0569. The Morgan fingerprint density at radius 2 is 1.72 bits per heavy atom. The van der Waals surface area contributed by atoms with Crippen LogP contribution >= 0.6 is 0 Å². The molecular formula is C31H49N5O7. The van der Waals surface area contributed by atoms with E-state index >= 15 is 0 Å². The summed E-state index contributed by atoms with van der Waals surface area (Å²) < 4.78 is 10.7. The lowest BCUT2D eigenvalue weighted by Gasteiger charge is -2.32. The van der Waals surface area contributed by atoms with Gasteiger partial charge in [0.05, 0.1) is 19.3 Å². The van der Waals surface area contributed by atoms with Crippen molar-refractivity contribution in [2.24, 2.45) is 5.92 Å². The smallest absolute Gasteiger partial charge is 0.408 e. The first-order chi connectivity index (χ1) is 20.4. The molecule has 0 radical (unpaired) electrons. The summed E-state index contributed by atoms with van der Waals surface area (Å²) in [6.45, 7) is 13.2. The molecular weight excluding hydrogens is 554 g/mol. The van der Waals surface area contributed by atoms with Gasteiger partial charge in [0, 0.05) is 32.7 Å². The number of carbonyl (C=O) groups excluding carboxylic acids is 4. The van der Waals surface area contributed by atoms with E-state index in [1.165, 1.54) is 4.90 Å². The molecule has 0 aromatic heterocycles. The molecule has 2 fully saturated rings. The van der Waals surface area contributed by atoms with Gasteiger partial charge in [0.25, 0.3) is 5.91 Å². The fourth-order valence-electron chi connectivity index (χ4n) is 5.28. The Labute approximate surface area is 254 Å². The van der Waals surface area contributed by atoms with Crippen molar-refractivity contribution in [1.29, 1.82) is 0 Å². The number of ether oxygens (including phenoxy) is 2. The second-order valence-electron chi connectivity index (χ2n) is 12.6. The number of rotatable bonds is 12. The molecule has 0 spiro atoms. The van der Waals surface area contributed by atoms with Crippen LogP contribution in [-0.2, 0) is 30.3 Å². The molecule has 2 aliphatic heterocycles. The lowest BCUT2D eigenvalue weighted by molar-refractivity contribution is -0.147. The van der Waals surface area contributed by atoms with E-state index in [0.29, 0.717) is 45.7 Å². The summed E-state index contributed by atoms with van der Waals surface area (Å²) in [4.78, 5) is 56.3. The number of carbonyl (C=O) groups is 4. The predicted octanol–water partition coefficient (Wildman–Crippen LogP) is 1.06. The predicted molar refractivity (Wildman–Crippen MR) is 161 cm³/mol. The van der Waals surface area contributed by atoms with Gasteiger partial charge in [-0.25, -0.2) is 4.79 Å². The van der Waals surface area contributed by atoms with E-state index in [1.807, 2.05) is 30.3 Å². The van der Waals surface area contributed by atoms with Crippen molar-refractivity contribution < 1.29 is 33.8 Å². The Morgan fingerprint density at radius 3 is 2.35 bits per heavy atom. The van der Waals surface area contributed by atoms with E-state index in [2.05, 4.69) is 20.9 Å².